The van der Waals surface area contributed by atoms with Crippen molar-refractivity contribution in [3.8, 4) is 46.0 Å². The van der Waals surface area contributed by atoms with Crippen LogP contribution in [0.25, 0.3) is 0 Å². The molecule has 0 bridgehead atoms. The van der Waals surface area contributed by atoms with E-state index in [1.165, 1.54) is 38.7 Å². The standard InChI is InChI=1S/C51H32B3NO4/c1-51(2)30-15-10-18-38-48(30)54(34-26-36-46(25-31(34)51)58-44-23-11-21-42-49(44)52(36)32-16-6-8-19-40(32)56-42)35-27-37-47(28-39(35)55(38)29-13-4-3-5-14-29)59-45-24-12-22-43-50(45)53(37)33-17-7-9-20-41(33)57-43/h3-28H,1-2H3. The molecule has 6 aliphatic rings. The van der Waals surface area contributed by atoms with Crippen molar-refractivity contribution >= 4 is 86.4 Å². The minimum Gasteiger partial charge on any atom is -0.458 e. The minimum atomic E-state index is -0.323. The fourth-order valence-corrected chi connectivity index (χ4v) is 11.3. The van der Waals surface area contributed by atoms with Crippen LogP contribution in [0.4, 0.5) is 17.1 Å². The summed E-state index contributed by atoms with van der Waals surface area (Å²) in [6, 6.07) is 56.6. The number of hydrogen-bond acceptors (Lipinski definition) is 5. The van der Waals surface area contributed by atoms with Crippen LogP contribution in [-0.4, -0.2) is 20.1 Å². The molecule has 0 aliphatic carbocycles. The van der Waals surface area contributed by atoms with Crippen molar-refractivity contribution in [2.24, 2.45) is 0 Å². The maximum Gasteiger partial charge on any atom is 0.260 e. The molecule has 274 valence electrons. The molecule has 0 saturated heterocycles. The third-order valence-corrected chi connectivity index (χ3v) is 13.8. The summed E-state index contributed by atoms with van der Waals surface area (Å²) >= 11 is 0. The lowest BCUT2D eigenvalue weighted by molar-refractivity contribution is 0.463. The zero-order valence-electron chi connectivity index (χ0n) is 32.3. The Balaban J connectivity index is 1.07. The quantitative estimate of drug-likeness (QED) is 0.190. The van der Waals surface area contributed by atoms with Gasteiger partial charge in [0.05, 0.1) is 0 Å². The number of benzene rings is 8. The summed E-state index contributed by atoms with van der Waals surface area (Å²) in [6.45, 7) is 4.61. The number of anilines is 3. The van der Waals surface area contributed by atoms with Crippen LogP contribution in [-0.2, 0) is 5.41 Å². The first-order chi connectivity index (χ1) is 29.0. The van der Waals surface area contributed by atoms with E-state index in [1.54, 1.807) is 0 Å². The number of rotatable bonds is 1. The van der Waals surface area contributed by atoms with Crippen molar-refractivity contribution in [2.45, 2.75) is 19.3 Å². The molecular formula is C51H32B3NO4. The Morgan fingerprint density at radius 3 is 1.47 bits per heavy atom. The predicted molar refractivity (Wildman–Crippen MR) is 240 cm³/mol. The van der Waals surface area contributed by atoms with Gasteiger partial charge in [-0.25, -0.2) is 0 Å². The van der Waals surface area contributed by atoms with E-state index < -0.39 is 0 Å². The second kappa shape index (κ2) is 11.1. The summed E-state index contributed by atoms with van der Waals surface area (Å²) < 4.78 is 26.9. The summed E-state index contributed by atoms with van der Waals surface area (Å²) in [4.78, 5) is 2.46. The van der Waals surface area contributed by atoms with Crippen molar-refractivity contribution in [3.63, 3.8) is 0 Å². The van der Waals surface area contributed by atoms with E-state index in [0.29, 0.717) is 0 Å². The largest absolute Gasteiger partial charge is 0.458 e. The van der Waals surface area contributed by atoms with Gasteiger partial charge < -0.3 is 23.8 Å². The van der Waals surface area contributed by atoms with Crippen molar-refractivity contribution < 1.29 is 18.9 Å². The van der Waals surface area contributed by atoms with Gasteiger partial charge in [0.15, 0.2) is 0 Å². The Morgan fingerprint density at radius 1 is 0.356 bits per heavy atom. The molecule has 6 aliphatic heterocycles. The highest BCUT2D eigenvalue weighted by molar-refractivity contribution is 7.02. The number of para-hydroxylation sites is 3. The van der Waals surface area contributed by atoms with Crippen LogP contribution >= 0.6 is 0 Å². The SMILES string of the molecule is CC1(C)c2cc3c(cc2B2c4cc5c(cc4N(c4ccccc4)c4cccc1c42)Oc1cccc2c1B5c1ccccc1O2)B1c2ccccc2Oc2cccc(c21)O3. The van der Waals surface area contributed by atoms with Crippen molar-refractivity contribution in [1.29, 1.82) is 0 Å². The van der Waals surface area contributed by atoms with Crippen LogP contribution in [0.15, 0.2) is 158 Å². The van der Waals surface area contributed by atoms with E-state index in [2.05, 4.69) is 164 Å². The third kappa shape index (κ3) is 4.08. The van der Waals surface area contributed by atoms with Crippen LogP contribution in [0.1, 0.15) is 25.0 Å². The monoisotopic (exact) mass is 755 g/mol. The zero-order chi connectivity index (χ0) is 38.7. The molecule has 6 heterocycles. The molecule has 0 unspecified atom stereocenters. The molecule has 0 amide bonds. The van der Waals surface area contributed by atoms with Gasteiger partial charge in [-0.1, -0.05) is 110 Å². The van der Waals surface area contributed by atoms with Gasteiger partial charge in [0, 0.05) is 39.5 Å². The van der Waals surface area contributed by atoms with Crippen molar-refractivity contribution in [1.82, 2.24) is 0 Å². The Morgan fingerprint density at radius 2 is 0.847 bits per heavy atom. The number of fused-ring (bicyclic) bond motifs is 12. The van der Waals surface area contributed by atoms with E-state index in [4.69, 9.17) is 18.9 Å². The Hall–Kier alpha value is -7.05. The second-order valence-electron chi connectivity index (χ2n) is 17.1. The van der Waals surface area contributed by atoms with Crippen molar-refractivity contribution in [2.75, 3.05) is 4.90 Å². The number of ether oxygens (including phenoxy) is 4. The van der Waals surface area contributed by atoms with Gasteiger partial charge in [-0.05, 0) is 105 Å². The lowest BCUT2D eigenvalue weighted by atomic mass is 9.27. The molecule has 0 atom stereocenters. The first-order valence-corrected chi connectivity index (χ1v) is 20.5. The highest BCUT2D eigenvalue weighted by Gasteiger charge is 2.50. The van der Waals surface area contributed by atoms with Gasteiger partial charge in [-0.15, -0.1) is 0 Å². The molecule has 59 heavy (non-hydrogen) atoms. The molecule has 5 nitrogen and oxygen atoms in total. The average Bonchev–Trinajstić information content (AvgIpc) is 3.27. The lowest BCUT2D eigenvalue weighted by Gasteiger charge is -2.46. The molecule has 0 N–H and O–H groups in total. The van der Waals surface area contributed by atoms with Gasteiger partial charge in [0.2, 0.25) is 6.71 Å². The van der Waals surface area contributed by atoms with Crippen LogP contribution in [0, 0.1) is 0 Å². The molecule has 0 saturated carbocycles. The lowest BCUT2D eigenvalue weighted by Crippen LogP contribution is -2.67. The zero-order valence-corrected chi connectivity index (χ0v) is 32.3. The highest BCUT2D eigenvalue weighted by atomic mass is 16.5. The Kier molecular flexibility index (Phi) is 6.02. The molecule has 0 spiro atoms. The Bertz CT molecular complexity index is 3200. The van der Waals surface area contributed by atoms with E-state index in [0.717, 1.165) is 84.7 Å². The molecular weight excluding hydrogens is 723 g/mol. The fraction of sp³-hybridized carbons (Fsp3) is 0.0588. The molecule has 8 aromatic carbocycles. The predicted octanol–water partition coefficient (Wildman–Crippen LogP) is 6.08. The smallest absolute Gasteiger partial charge is 0.260 e. The van der Waals surface area contributed by atoms with Gasteiger partial charge in [-0.3, -0.25) is 0 Å². The fourth-order valence-electron chi connectivity index (χ4n) is 11.3. The highest BCUT2D eigenvalue weighted by Crippen LogP contribution is 2.45. The van der Waals surface area contributed by atoms with Crippen LogP contribution in [0.5, 0.6) is 46.0 Å². The van der Waals surface area contributed by atoms with Gasteiger partial charge in [0.25, 0.3) is 13.4 Å². The first kappa shape index (κ1) is 32.0. The van der Waals surface area contributed by atoms with E-state index in [9.17, 15) is 0 Å². The minimum absolute atomic E-state index is 0.0329. The summed E-state index contributed by atoms with van der Waals surface area (Å²) in [7, 11) is 0. The van der Waals surface area contributed by atoms with E-state index >= 15 is 0 Å². The number of hydrogen-bond donors (Lipinski definition) is 0. The molecule has 8 aromatic rings. The van der Waals surface area contributed by atoms with Crippen LogP contribution in [0.2, 0.25) is 0 Å². The summed E-state index contributed by atoms with van der Waals surface area (Å²) in [5, 5.41) is 0. The topological polar surface area (TPSA) is 40.2 Å². The number of nitrogens with zero attached hydrogens (tertiary/aromatic N) is 1. The molecule has 0 fully saturated rings. The van der Waals surface area contributed by atoms with Crippen LogP contribution in [0.3, 0.4) is 0 Å². The third-order valence-electron chi connectivity index (χ3n) is 13.8. The Labute approximate surface area is 343 Å². The maximum absolute atomic E-state index is 6.94. The normalized spacial score (nSPS) is 15.5. The summed E-state index contributed by atoms with van der Waals surface area (Å²) in [6.07, 6.45) is 0. The molecule has 0 aromatic heterocycles. The summed E-state index contributed by atoms with van der Waals surface area (Å²) in [5.74, 6) is 6.96. The maximum atomic E-state index is 6.94. The second-order valence-corrected chi connectivity index (χ2v) is 17.1. The molecule has 14 rings (SSSR count). The molecule has 0 radical (unpaired) electrons. The molecule has 8 heteroatoms. The average molecular weight is 755 g/mol. The van der Waals surface area contributed by atoms with Gasteiger partial charge in [0.1, 0.15) is 46.0 Å². The van der Waals surface area contributed by atoms with Gasteiger partial charge in [-0.2, -0.15) is 0 Å². The van der Waals surface area contributed by atoms with E-state index in [-0.39, 0.29) is 25.6 Å². The van der Waals surface area contributed by atoms with E-state index in [1.807, 2.05) is 12.1 Å². The van der Waals surface area contributed by atoms with Crippen molar-refractivity contribution in [3.05, 3.63) is 169 Å². The summed E-state index contributed by atoms with van der Waals surface area (Å²) in [5.41, 5.74) is 16.4. The first-order valence-electron chi connectivity index (χ1n) is 20.5. The van der Waals surface area contributed by atoms with Crippen LogP contribution < -0.4 is 73.0 Å². The van der Waals surface area contributed by atoms with Gasteiger partial charge >= 0.3 is 0 Å².